The van der Waals surface area contributed by atoms with E-state index in [2.05, 4.69) is 47.9 Å². The molecule has 94 heavy (non-hydrogen) atoms. The average Bonchev–Trinajstić information content (AvgIpc) is 1.62. The first-order valence-corrected chi connectivity index (χ1v) is 33.9. The fraction of sp³-hybridized carbons (Fsp3) is 0.581. The molecule has 10 atom stereocenters. The van der Waals surface area contributed by atoms with Crippen LogP contribution in [0.15, 0.2) is 54.6 Å². The predicted molar refractivity (Wildman–Crippen MR) is 347 cm³/mol. The van der Waals surface area contributed by atoms with Crippen LogP contribution in [0.4, 0.5) is 0 Å². The zero-order valence-corrected chi connectivity index (χ0v) is 54.6. The topological polar surface area (TPSA) is 473 Å². The lowest BCUT2D eigenvalue weighted by molar-refractivity contribution is -0.148. The summed E-state index contributed by atoms with van der Waals surface area (Å²) < 4.78 is 0. The van der Waals surface area contributed by atoms with Crippen LogP contribution in [0.5, 0.6) is 0 Å². The molecule has 2 aromatic carbocycles. The third-order valence-electron chi connectivity index (χ3n) is 15.8. The molecule has 0 aliphatic carbocycles. The van der Waals surface area contributed by atoms with E-state index in [1.165, 1.54) is 28.5 Å². The van der Waals surface area contributed by atoms with E-state index < -0.39 is 151 Å². The van der Waals surface area contributed by atoms with Gasteiger partial charge in [-0.3, -0.25) is 67.7 Å². The maximum absolute atomic E-state index is 14.8. The standard InChI is InChI=1S/C62H90N14O16S2/c1-3-4-6-21-48(78)69-45-35-94-33-39-17-9-16-38(29-39)32-93-34-44(57(88)72-43(31-51(82)83)54(85)66-25-11-22-49(79)68-40(53(63)84)18-10-26-67-62(64)65)73-56(87)42(30-37-14-7-5-8-15-37)71-55(86)41(23-24-50(80)81)70-59(90)52(36(2)77)74-58(89)46-19-12-27-75(46)61(92)47-20-13-28-76(47)60(45)91/h5,7-9,14-17,29,36,40-47,52,77H,3-4,6,10-13,18-28,30-35H2,1-2H3,(H2,63,84)(H,66,85)(H,68,79)(H,69,78)(H,70,90)(H,71,86)(H,72,88)(H,73,87)(H,74,89)(H,80,81)(H,82,83)(H4,64,65,67)/t36-,40+,41+,42+,43+,44+,45+,46+,47+,52+/m1/s1. The minimum atomic E-state index is -1.79. The van der Waals surface area contributed by atoms with Crippen LogP contribution in [0.3, 0.4) is 0 Å². The minimum absolute atomic E-state index is 0.00978. The third-order valence-corrected chi connectivity index (χ3v) is 18.1. The van der Waals surface area contributed by atoms with Crippen molar-refractivity contribution in [2.24, 2.45) is 11.5 Å². The van der Waals surface area contributed by atoms with E-state index in [1.54, 1.807) is 36.4 Å². The number of nitrogens with two attached hydrogens (primary N) is 2. The number of amides is 11. The number of carbonyl (C=O) groups is 13. The van der Waals surface area contributed by atoms with Crippen LogP contribution in [0.25, 0.3) is 0 Å². The first kappa shape index (κ1) is 76.2. The molecule has 11 amide bonds. The number of hydrogen-bond acceptors (Lipinski definition) is 17. The lowest BCUT2D eigenvalue weighted by Gasteiger charge is -2.33. The molecular formula is C62H90N14O16S2. The molecule has 2 fully saturated rings. The van der Waals surface area contributed by atoms with Crippen LogP contribution in [0.1, 0.15) is 127 Å². The summed E-state index contributed by atoms with van der Waals surface area (Å²) in [4.78, 5) is 181. The van der Waals surface area contributed by atoms with E-state index in [1.807, 2.05) is 25.1 Å². The highest BCUT2D eigenvalue weighted by Gasteiger charge is 2.45. The van der Waals surface area contributed by atoms with E-state index in [4.69, 9.17) is 16.9 Å². The zero-order valence-electron chi connectivity index (χ0n) is 53.0. The second kappa shape index (κ2) is 39.2. The highest BCUT2D eigenvalue weighted by Crippen LogP contribution is 2.27. The van der Waals surface area contributed by atoms with Crippen molar-refractivity contribution in [2.75, 3.05) is 37.7 Å². The Balaban J connectivity index is 1.48. The van der Waals surface area contributed by atoms with Crippen LogP contribution < -0.4 is 59.3 Å². The molecule has 0 radical (unpaired) electrons. The number of carboxylic acids is 2. The Morgan fingerprint density at radius 3 is 1.94 bits per heavy atom. The molecule has 3 aliphatic rings. The number of rotatable bonds is 26. The van der Waals surface area contributed by atoms with Gasteiger partial charge in [-0.1, -0.05) is 74.4 Å². The molecule has 0 aromatic heterocycles. The van der Waals surface area contributed by atoms with Gasteiger partial charge in [-0.15, -0.1) is 0 Å². The van der Waals surface area contributed by atoms with Gasteiger partial charge in [0.05, 0.1) is 12.5 Å². The number of fused-ring (bicyclic) bond motifs is 4. The second-order valence-corrected chi connectivity index (χ2v) is 25.5. The molecule has 5 rings (SSSR count). The molecule has 0 unspecified atom stereocenters. The lowest BCUT2D eigenvalue weighted by atomic mass is 10.0. The predicted octanol–water partition coefficient (Wildman–Crippen LogP) is -1.27. The fourth-order valence-corrected chi connectivity index (χ4v) is 12.9. The number of unbranched alkanes of at least 4 members (excludes halogenated alkanes) is 2. The number of thioether (sulfide) groups is 2. The molecule has 516 valence electrons. The van der Waals surface area contributed by atoms with Gasteiger partial charge >= 0.3 is 11.9 Å². The van der Waals surface area contributed by atoms with Gasteiger partial charge in [-0.05, 0) is 81.4 Å². The summed E-state index contributed by atoms with van der Waals surface area (Å²) >= 11 is 2.52. The largest absolute Gasteiger partial charge is 0.481 e. The van der Waals surface area contributed by atoms with Crippen molar-refractivity contribution in [3.8, 4) is 0 Å². The van der Waals surface area contributed by atoms with Crippen LogP contribution in [0, 0.1) is 5.41 Å². The molecule has 3 heterocycles. The maximum Gasteiger partial charge on any atom is 0.305 e. The Labute approximate surface area is 553 Å². The molecule has 32 heteroatoms. The highest BCUT2D eigenvalue weighted by molar-refractivity contribution is 7.98. The van der Waals surface area contributed by atoms with Crippen molar-refractivity contribution >= 4 is 106 Å². The lowest BCUT2D eigenvalue weighted by Crippen LogP contribution is -2.62. The molecular weight excluding hydrogens is 1260 g/mol. The summed E-state index contributed by atoms with van der Waals surface area (Å²) in [6, 6.07) is 2.94. The summed E-state index contributed by atoms with van der Waals surface area (Å²) in [5.74, 6) is -11.5. The molecule has 30 nitrogen and oxygen atoms in total. The van der Waals surface area contributed by atoms with E-state index in [0.717, 1.165) is 35.7 Å². The number of guanidine groups is 1. The van der Waals surface area contributed by atoms with Gasteiger partial charge in [-0.25, -0.2) is 0 Å². The number of nitrogens with one attached hydrogen (secondary N) is 10. The molecule has 3 aliphatic heterocycles. The molecule has 2 bridgehead atoms. The van der Waals surface area contributed by atoms with Crippen molar-refractivity contribution < 1.29 is 77.6 Å². The molecule has 2 saturated heterocycles. The van der Waals surface area contributed by atoms with Gasteiger partial charge in [0.25, 0.3) is 0 Å². The number of benzene rings is 2. The zero-order chi connectivity index (χ0) is 68.9. The third kappa shape index (κ3) is 25.4. The van der Waals surface area contributed by atoms with Crippen LogP contribution >= 0.6 is 23.5 Å². The Kier molecular flexibility index (Phi) is 31.8. The van der Waals surface area contributed by atoms with Crippen LogP contribution in [0.2, 0.25) is 0 Å². The van der Waals surface area contributed by atoms with Gasteiger partial charge in [0.2, 0.25) is 65.0 Å². The monoisotopic (exact) mass is 1350 g/mol. The van der Waals surface area contributed by atoms with Crippen molar-refractivity contribution in [1.82, 2.24) is 57.7 Å². The van der Waals surface area contributed by atoms with Crippen molar-refractivity contribution in [3.63, 3.8) is 0 Å². The summed E-state index contributed by atoms with van der Waals surface area (Å²) in [6.45, 7) is 3.54. The van der Waals surface area contributed by atoms with Crippen molar-refractivity contribution in [3.05, 3.63) is 71.3 Å². The summed E-state index contributed by atoms with van der Waals surface area (Å²) in [6.07, 6.45) is -0.218. The summed E-state index contributed by atoms with van der Waals surface area (Å²) in [5, 5.41) is 61.1. The van der Waals surface area contributed by atoms with Gasteiger partial charge in [-0.2, -0.15) is 23.5 Å². The van der Waals surface area contributed by atoms with Gasteiger partial charge in [0, 0.05) is 74.9 Å². The summed E-state index contributed by atoms with van der Waals surface area (Å²) in [5.41, 5.74) is 12.8. The first-order chi connectivity index (χ1) is 44.8. The number of hydrogen-bond donors (Lipinski definition) is 15. The van der Waals surface area contributed by atoms with E-state index in [9.17, 15) is 77.6 Å². The van der Waals surface area contributed by atoms with Crippen molar-refractivity contribution in [2.45, 2.75) is 189 Å². The quantitative estimate of drug-likeness (QED) is 0.0297. The van der Waals surface area contributed by atoms with Crippen molar-refractivity contribution in [1.29, 1.82) is 5.41 Å². The number of nitrogens with zero attached hydrogens (tertiary/aromatic N) is 2. The normalized spacial score (nSPS) is 22.1. The molecule has 2 aromatic rings. The smallest absolute Gasteiger partial charge is 0.305 e. The van der Waals surface area contributed by atoms with E-state index in [-0.39, 0.29) is 100 Å². The number of aliphatic carboxylic acids is 2. The first-order valence-electron chi connectivity index (χ1n) is 31.6. The summed E-state index contributed by atoms with van der Waals surface area (Å²) in [7, 11) is 0. The van der Waals surface area contributed by atoms with Gasteiger partial charge in [0.1, 0.15) is 54.4 Å². The Morgan fingerprint density at radius 2 is 1.30 bits per heavy atom. The number of aliphatic hydroxyl groups is 1. The SMILES string of the molecule is CCCCCC(=O)N[C@H]1CSCc2cccc(c2)CSC[C@@H](C(=O)N[C@@H](CC(=O)O)C(=O)NCCCC(=O)N[C@@H](CCCNC(=N)N)C(N)=O)NC(=O)[C@H](Cc2ccccc2)NC(=O)[C@H](CCC(=O)O)NC(=O)[C@H]([C@@H](C)O)NC(=O)[C@@H]2CCCN2C(=O)[C@@H]2CCCN2C1=O. The highest BCUT2D eigenvalue weighted by atomic mass is 32.2. The Morgan fingerprint density at radius 1 is 0.670 bits per heavy atom. The average molecular weight is 1350 g/mol. The molecule has 0 saturated carbocycles. The Hall–Kier alpha value is -8.52. The number of primary amides is 1. The number of carbonyl (C=O) groups excluding carboxylic acids is 11. The number of carboxylic acid groups (broad SMARTS) is 2. The maximum atomic E-state index is 14.8. The van der Waals surface area contributed by atoms with E-state index in [0.29, 0.717) is 37.0 Å². The second-order valence-electron chi connectivity index (χ2n) is 23.4. The van der Waals surface area contributed by atoms with Gasteiger partial charge < -0.3 is 84.4 Å². The fourth-order valence-electron chi connectivity index (χ4n) is 10.9. The number of aliphatic hydroxyl groups excluding tert-OH is 1. The molecule has 0 spiro atoms. The van der Waals surface area contributed by atoms with Crippen LogP contribution in [-0.2, 0) is 80.3 Å². The van der Waals surface area contributed by atoms with Gasteiger partial charge in [0.15, 0.2) is 5.96 Å². The van der Waals surface area contributed by atoms with E-state index >= 15 is 0 Å². The Bertz CT molecular complexity index is 3000. The van der Waals surface area contributed by atoms with Crippen LogP contribution in [-0.4, -0.2) is 206 Å². The molecule has 17 N–H and O–H groups in total. The minimum Gasteiger partial charge on any atom is -0.481 e.